The Morgan fingerprint density at radius 1 is 1.12 bits per heavy atom. The van der Waals surface area contributed by atoms with Gasteiger partial charge in [0, 0.05) is 23.5 Å². The van der Waals surface area contributed by atoms with E-state index >= 15 is 0 Å². The Labute approximate surface area is 188 Å². The van der Waals surface area contributed by atoms with Gasteiger partial charge in [-0.1, -0.05) is 24.3 Å². The maximum Gasteiger partial charge on any atom is 0.259 e. The summed E-state index contributed by atoms with van der Waals surface area (Å²) in [5, 5.41) is 13.9. The number of hydrogen-bond donors (Lipinski definition) is 2. The highest BCUT2D eigenvalue weighted by atomic mass is 32.1. The van der Waals surface area contributed by atoms with Crippen LogP contribution < -0.4 is 20.2 Å². The normalized spacial score (nSPS) is 12.2. The van der Waals surface area contributed by atoms with E-state index in [1.54, 1.807) is 34.4 Å². The van der Waals surface area contributed by atoms with Gasteiger partial charge in [-0.3, -0.25) is 4.79 Å². The number of fused-ring (bicyclic) bond motifs is 1. The van der Waals surface area contributed by atoms with Crippen LogP contribution in [0.25, 0.3) is 16.3 Å². The highest BCUT2D eigenvalue weighted by Gasteiger charge is 2.14. The molecule has 2 aromatic heterocycles. The van der Waals surface area contributed by atoms with Crippen molar-refractivity contribution in [2.75, 3.05) is 18.7 Å². The first kappa shape index (κ1) is 19.8. The summed E-state index contributed by atoms with van der Waals surface area (Å²) >= 11 is 1.60. The molecule has 32 heavy (non-hydrogen) atoms. The first-order valence-electron chi connectivity index (χ1n) is 9.91. The van der Waals surface area contributed by atoms with Gasteiger partial charge < -0.3 is 14.8 Å². The summed E-state index contributed by atoms with van der Waals surface area (Å²) in [6, 6.07) is 19.3. The van der Waals surface area contributed by atoms with Gasteiger partial charge in [0.1, 0.15) is 5.69 Å². The van der Waals surface area contributed by atoms with Gasteiger partial charge in [0.05, 0.1) is 23.3 Å². The molecule has 0 radical (unpaired) electrons. The maximum absolute atomic E-state index is 12.2. The minimum absolute atomic E-state index is 0.0675. The molecule has 0 spiro atoms. The Balaban J connectivity index is 1.25. The topological polar surface area (TPSA) is 89.8 Å². The fourth-order valence-corrected chi connectivity index (χ4v) is 3.93. The fraction of sp³-hybridized carbons (Fsp3) is 0.0870. The van der Waals surface area contributed by atoms with Crippen molar-refractivity contribution in [2.24, 2.45) is 5.10 Å². The molecule has 1 aliphatic heterocycles. The lowest BCUT2D eigenvalue weighted by atomic mass is 10.2. The predicted molar refractivity (Wildman–Crippen MR) is 124 cm³/mol. The number of anilines is 1. The second kappa shape index (κ2) is 8.94. The number of nitrogens with one attached hydrogen (secondary N) is 2. The minimum atomic E-state index is -0.271. The van der Waals surface area contributed by atoms with Crippen LogP contribution in [0.2, 0.25) is 0 Å². The molecule has 1 aliphatic rings. The average Bonchev–Trinajstić information content (AvgIpc) is 3.58. The van der Waals surface area contributed by atoms with Gasteiger partial charge in [-0.25, -0.2) is 10.1 Å². The zero-order valence-electron chi connectivity index (χ0n) is 16.9. The summed E-state index contributed by atoms with van der Waals surface area (Å²) in [5.74, 6) is 1.08. The van der Waals surface area contributed by atoms with E-state index < -0.39 is 0 Å². The molecule has 0 saturated carbocycles. The molecule has 2 N–H and O–H groups in total. The highest BCUT2D eigenvalue weighted by Crippen LogP contribution is 2.34. The van der Waals surface area contributed by atoms with Crippen molar-refractivity contribution in [3.05, 3.63) is 77.8 Å². The molecular formula is C23H19N5O3S. The summed E-state index contributed by atoms with van der Waals surface area (Å²) in [5.41, 5.74) is 5.87. The fourth-order valence-electron chi connectivity index (χ4n) is 3.20. The molecule has 3 heterocycles. The third-order valence-electron chi connectivity index (χ3n) is 4.74. The van der Waals surface area contributed by atoms with Crippen LogP contribution in [0, 0.1) is 0 Å². The number of amides is 1. The quantitative estimate of drug-likeness (QED) is 0.333. The van der Waals surface area contributed by atoms with Crippen LogP contribution in [0.4, 0.5) is 5.69 Å². The summed E-state index contributed by atoms with van der Waals surface area (Å²) in [7, 11) is 0. The summed E-state index contributed by atoms with van der Waals surface area (Å²) in [4.78, 5) is 13.2. The van der Waals surface area contributed by atoms with Crippen LogP contribution in [0.15, 0.2) is 77.3 Å². The van der Waals surface area contributed by atoms with Gasteiger partial charge in [0.15, 0.2) is 11.5 Å². The van der Waals surface area contributed by atoms with Gasteiger partial charge in [-0.15, -0.1) is 11.3 Å². The molecule has 160 valence electrons. The van der Waals surface area contributed by atoms with Gasteiger partial charge in [0.2, 0.25) is 6.79 Å². The van der Waals surface area contributed by atoms with Gasteiger partial charge in [-0.05, 0) is 35.7 Å². The van der Waals surface area contributed by atoms with Crippen LogP contribution in [-0.4, -0.2) is 35.2 Å². The molecular weight excluding hydrogens is 426 g/mol. The van der Waals surface area contributed by atoms with Crippen molar-refractivity contribution in [1.82, 2.24) is 15.2 Å². The number of ether oxygens (including phenoxy) is 2. The minimum Gasteiger partial charge on any atom is -0.454 e. The molecule has 0 saturated heterocycles. The summed E-state index contributed by atoms with van der Waals surface area (Å²) in [6.45, 7) is 0.278. The van der Waals surface area contributed by atoms with E-state index in [4.69, 9.17) is 14.6 Å². The molecule has 0 unspecified atom stereocenters. The smallest absolute Gasteiger partial charge is 0.259 e. The average molecular weight is 446 g/mol. The molecule has 5 rings (SSSR count). The molecule has 8 nitrogen and oxygen atoms in total. The molecule has 0 aliphatic carbocycles. The van der Waals surface area contributed by atoms with Crippen molar-refractivity contribution in [3.8, 4) is 27.8 Å². The van der Waals surface area contributed by atoms with E-state index in [1.807, 2.05) is 60.1 Å². The van der Waals surface area contributed by atoms with Crippen LogP contribution in [-0.2, 0) is 4.79 Å². The van der Waals surface area contributed by atoms with Crippen LogP contribution in [0.1, 0.15) is 5.56 Å². The largest absolute Gasteiger partial charge is 0.454 e. The first-order valence-corrected chi connectivity index (χ1v) is 10.8. The van der Waals surface area contributed by atoms with Crippen LogP contribution in [0.5, 0.6) is 11.5 Å². The Morgan fingerprint density at radius 2 is 2.00 bits per heavy atom. The lowest BCUT2D eigenvalue weighted by Gasteiger charge is -2.06. The molecule has 0 atom stereocenters. The second-order valence-corrected chi connectivity index (χ2v) is 7.85. The van der Waals surface area contributed by atoms with E-state index in [0.29, 0.717) is 11.5 Å². The number of benzene rings is 2. The van der Waals surface area contributed by atoms with Gasteiger partial charge in [0.25, 0.3) is 5.91 Å². The van der Waals surface area contributed by atoms with Crippen molar-refractivity contribution in [1.29, 1.82) is 0 Å². The molecule has 0 fully saturated rings. The summed E-state index contributed by atoms with van der Waals surface area (Å²) < 4.78 is 12.4. The predicted octanol–water partition coefficient (Wildman–Crippen LogP) is 3.89. The van der Waals surface area contributed by atoms with Crippen LogP contribution in [0.3, 0.4) is 0 Å². The number of nitrogens with zero attached hydrogens (tertiary/aromatic N) is 3. The van der Waals surface area contributed by atoms with Crippen molar-refractivity contribution in [3.63, 3.8) is 0 Å². The van der Waals surface area contributed by atoms with Gasteiger partial charge >= 0.3 is 0 Å². The van der Waals surface area contributed by atoms with Gasteiger partial charge in [-0.2, -0.15) is 10.2 Å². The second-order valence-electron chi connectivity index (χ2n) is 6.91. The van der Waals surface area contributed by atoms with E-state index in [1.165, 1.54) is 0 Å². The maximum atomic E-state index is 12.2. The van der Waals surface area contributed by atoms with E-state index in [0.717, 1.165) is 27.5 Å². The Bertz CT molecular complexity index is 1250. The Kier molecular flexibility index (Phi) is 5.54. The number of carbonyl (C=O) groups excluding carboxylic acids is 1. The lowest BCUT2D eigenvalue weighted by Crippen LogP contribution is -2.25. The zero-order chi connectivity index (χ0) is 21.8. The number of hydrazone groups is 1. The first-order chi connectivity index (χ1) is 15.8. The molecule has 2 aromatic carbocycles. The summed E-state index contributed by atoms with van der Waals surface area (Å²) in [6.07, 6.45) is 3.50. The number of carbonyl (C=O) groups is 1. The van der Waals surface area contributed by atoms with E-state index in [9.17, 15) is 4.79 Å². The lowest BCUT2D eigenvalue weighted by molar-refractivity contribution is -0.119. The Morgan fingerprint density at radius 3 is 2.84 bits per heavy atom. The van der Waals surface area contributed by atoms with Crippen molar-refractivity contribution < 1.29 is 14.3 Å². The van der Waals surface area contributed by atoms with E-state index in [2.05, 4.69) is 15.8 Å². The Hall–Kier alpha value is -4.11. The molecule has 9 heteroatoms. The SMILES string of the molecule is O=C(CNc1ccc2c(c1)OCO2)NN=Cc1cn(-c2ccccc2)nc1-c1cccs1. The zero-order valence-corrected chi connectivity index (χ0v) is 17.7. The molecule has 4 aromatic rings. The number of hydrogen-bond acceptors (Lipinski definition) is 7. The number of para-hydroxylation sites is 1. The monoisotopic (exact) mass is 445 g/mol. The standard InChI is InChI=1S/C23H19N5O3S/c29-22(13-24-17-8-9-19-20(11-17)31-15-30-19)26-25-12-16-14-28(18-5-2-1-3-6-18)27-23(16)21-7-4-10-32-21/h1-12,14,24H,13,15H2,(H,26,29). The van der Waals surface area contributed by atoms with Crippen molar-refractivity contribution in [2.45, 2.75) is 0 Å². The molecule has 1 amide bonds. The number of rotatable bonds is 7. The number of aromatic nitrogens is 2. The van der Waals surface area contributed by atoms with E-state index in [-0.39, 0.29) is 19.2 Å². The van der Waals surface area contributed by atoms with Crippen molar-refractivity contribution >= 4 is 29.1 Å². The third-order valence-corrected chi connectivity index (χ3v) is 5.61. The highest BCUT2D eigenvalue weighted by molar-refractivity contribution is 7.13. The van der Waals surface area contributed by atoms with Crippen LogP contribution >= 0.6 is 11.3 Å². The number of thiophene rings is 1. The third kappa shape index (κ3) is 4.33. The molecule has 0 bridgehead atoms.